The molecule has 2 N–H and O–H groups in total. The molecule has 7 heteroatoms. The van der Waals surface area contributed by atoms with Gasteiger partial charge in [-0.15, -0.1) is 0 Å². The third-order valence-corrected chi connectivity index (χ3v) is 4.07. The van der Waals surface area contributed by atoms with Crippen molar-refractivity contribution in [3.8, 4) is 0 Å². The predicted molar refractivity (Wildman–Crippen MR) is 96.9 cm³/mol. The van der Waals surface area contributed by atoms with Crippen molar-refractivity contribution in [2.75, 3.05) is 12.4 Å². The molecule has 0 fully saturated rings. The number of nitrogens with one attached hydrogen (secondary N) is 2. The molecule has 2 amide bonds. The van der Waals surface area contributed by atoms with Crippen molar-refractivity contribution in [2.45, 2.75) is 19.4 Å². The maximum atomic E-state index is 13.0. The fourth-order valence-electron chi connectivity index (χ4n) is 2.28. The molecule has 1 unspecified atom stereocenters. The van der Waals surface area contributed by atoms with Crippen LogP contribution < -0.4 is 10.6 Å². The van der Waals surface area contributed by atoms with E-state index in [4.69, 9.17) is 4.74 Å². The van der Waals surface area contributed by atoms with Crippen molar-refractivity contribution in [1.29, 1.82) is 0 Å². The molecule has 0 heterocycles. The Balaban J connectivity index is 2.06. The van der Waals surface area contributed by atoms with Crippen molar-refractivity contribution in [3.05, 3.63) is 63.9 Å². The second-order valence-electron chi connectivity index (χ2n) is 5.46. The fraction of sp³-hybridized carbons (Fsp3) is 0.222. The number of benzene rings is 2. The van der Waals surface area contributed by atoms with Gasteiger partial charge in [-0.3, -0.25) is 0 Å². The number of halogens is 2. The molecule has 0 bridgehead atoms. The van der Waals surface area contributed by atoms with Gasteiger partial charge in [-0.25, -0.2) is 14.0 Å². The number of anilines is 1. The van der Waals surface area contributed by atoms with E-state index in [9.17, 15) is 14.0 Å². The third-order valence-electron chi connectivity index (χ3n) is 3.58. The third kappa shape index (κ3) is 5.56. The number of hydrogen-bond acceptors (Lipinski definition) is 3. The normalized spacial score (nSPS) is 11.5. The average Bonchev–Trinajstić information content (AvgIpc) is 2.58. The number of urea groups is 1. The van der Waals surface area contributed by atoms with E-state index < -0.39 is 18.0 Å². The zero-order chi connectivity index (χ0) is 18.4. The molecule has 132 valence electrons. The lowest BCUT2D eigenvalue weighted by molar-refractivity contribution is -0.142. The van der Waals surface area contributed by atoms with Crippen LogP contribution in [0.25, 0.3) is 0 Å². The minimum Gasteiger partial charge on any atom is -0.467 e. The van der Waals surface area contributed by atoms with Crippen molar-refractivity contribution in [1.82, 2.24) is 5.32 Å². The summed E-state index contributed by atoms with van der Waals surface area (Å²) in [6, 6.07) is 9.74. The molecular weight excluding hydrogens is 391 g/mol. The van der Waals surface area contributed by atoms with E-state index in [0.717, 1.165) is 10.0 Å². The van der Waals surface area contributed by atoms with Crippen LogP contribution in [0.5, 0.6) is 0 Å². The van der Waals surface area contributed by atoms with Gasteiger partial charge in [0.25, 0.3) is 0 Å². The van der Waals surface area contributed by atoms with Crippen LogP contribution in [0, 0.1) is 12.7 Å². The van der Waals surface area contributed by atoms with Crippen molar-refractivity contribution in [3.63, 3.8) is 0 Å². The first-order valence-electron chi connectivity index (χ1n) is 7.55. The molecule has 0 radical (unpaired) electrons. The van der Waals surface area contributed by atoms with E-state index in [-0.39, 0.29) is 12.2 Å². The Labute approximate surface area is 153 Å². The van der Waals surface area contributed by atoms with Gasteiger partial charge in [0.2, 0.25) is 0 Å². The Hall–Kier alpha value is -2.41. The Morgan fingerprint density at radius 1 is 1.20 bits per heavy atom. The summed E-state index contributed by atoms with van der Waals surface area (Å²) in [5.41, 5.74) is 2.21. The predicted octanol–water partition coefficient (Wildman–Crippen LogP) is 3.80. The van der Waals surface area contributed by atoms with Gasteiger partial charge >= 0.3 is 12.0 Å². The summed E-state index contributed by atoms with van der Waals surface area (Å²) in [5, 5.41) is 5.29. The minimum atomic E-state index is -0.883. The smallest absolute Gasteiger partial charge is 0.328 e. The number of hydrogen-bond donors (Lipinski definition) is 2. The van der Waals surface area contributed by atoms with Crippen LogP contribution in [-0.2, 0) is 16.0 Å². The van der Waals surface area contributed by atoms with Crippen molar-refractivity contribution >= 4 is 33.6 Å². The zero-order valence-electron chi connectivity index (χ0n) is 13.8. The van der Waals surface area contributed by atoms with Crippen LogP contribution in [0.4, 0.5) is 14.9 Å². The van der Waals surface area contributed by atoms with Gasteiger partial charge in [-0.1, -0.05) is 28.1 Å². The minimum absolute atomic E-state index is 0.194. The number of rotatable bonds is 5. The van der Waals surface area contributed by atoms with Crippen LogP contribution in [0.3, 0.4) is 0 Å². The molecule has 2 aromatic rings. The van der Waals surface area contributed by atoms with Crippen LogP contribution in [0.1, 0.15) is 11.1 Å². The molecule has 0 saturated heterocycles. The highest BCUT2D eigenvalue weighted by Crippen LogP contribution is 2.20. The summed E-state index contributed by atoms with van der Waals surface area (Å²) < 4.78 is 18.6. The summed E-state index contributed by atoms with van der Waals surface area (Å²) in [7, 11) is 1.25. The molecular formula is C18H18BrFN2O3. The first-order valence-corrected chi connectivity index (χ1v) is 8.34. The van der Waals surface area contributed by atoms with Crippen LogP contribution in [-0.4, -0.2) is 25.2 Å². The summed E-state index contributed by atoms with van der Waals surface area (Å²) in [6.07, 6.45) is 0.194. The average molecular weight is 409 g/mol. The first-order chi connectivity index (χ1) is 11.9. The van der Waals surface area contributed by atoms with Crippen LogP contribution in [0.15, 0.2) is 46.9 Å². The van der Waals surface area contributed by atoms with Gasteiger partial charge in [-0.2, -0.15) is 0 Å². The van der Waals surface area contributed by atoms with E-state index in [2.05, 4.69) is 26.6 Å². The van der Waals surface area contributed by atoms with Gasteiger partial charge in [0.1, 0.15) is 11.9 Å². The Bertz CT molecular complexity index is 765. The molecule has 0 spiro atoms. The lowest BCUT2D eigenvalue weighted by Gasteiger charge is -2.18. The van der Waals surface area contributed by atoms with Gasteiger partial charge in [0.05, 0.1) is 7.11 Å². The maximum Gasteiger partial charge on any atom is 0.328 e. The number of aryl methyl sites for hydroxylation is 1. The standard InChI is InChI=1S/C18H18BrFN2O3/c1-11-9-13(19)5-8-15(11)21-18(24)22-16(17(23)25-2)10-12-3-6-14(20)7-4-12/h3-9,16H,10H2,1-2H3,(H2,21,22,24). The molecule has 0 aliphatic heterocycles. The van der Waals surface area contributed by atoms with E-state index >= 15 is 0 Å². The van der Waals surface area contributed by atoms with Gasteiger partial charge in [-0.05, 0) is 48.4 Å². The highest BCUT2D eigenvalue weighted by molar-refractivity contribution is 9.10. The topological polar surface area (TPSA) is 67.4 Å². The largest absolute Gasteiger partial charge is 0.467 e. The molecule has 2 aromatic carbocycles. The van der Waals surface area contributed by atoms with Gasteiger partial charge in [0.15, 0.2) is 0 Å². The van der Waals surface area contributed by atoms with E-state index in [0.29, 0.717) is 11.3 Å². The van der Waals surface area contributed by atoms with Crippen molar-refractivity contribution in [2.24, 2.45) is 0 Å². The Morgan fingerprint density at radius 3 is 2.48 bits per heavy atom. The van der Waals surface area contributed by atoms with Crippen molar-refractivity contribution < 1.29 is 18.7 Å². The SMILES string of the molecule is COC(=O)C(Cc1ccc(F)cc1)NC(=O)Nc1ccc(Br)cc1C. The van der Waals surface area contributed by atoms with Crippen LogP contribution in [0.2, 0.25) is 0 Å². The number of methoxy groups -OCH3 is 1. The highest BCUT2D eigenvalue weighted by atomic mass is 79.9. The van der Waals surface area contributed by atoms with Gasteiger partial charge < -0.3 is 15.4 Å². The second kappa shape index (κ2) is 8.62. The molecule has 2 rings (SSSR count). The quantitative estimate of drug-likeness (QED) is 0.739. The molecule has 0 saturated carbocycles. The van der Waals surface area contributed by atoms with E-state index in [1.54, 1.807) is 24.3 Å². The second-order valence-corrected chi connectivity index (χ2v) is 6.38. The molecule has 25 heavy (non-hydrogen) atoms. The first kappa shape index (κ1) is 18.9. The lowest BCUT2D eigenvalue weighted by Crippen LogP contribution is -2.45. The van der Waals surface area contributed by atoms with E-state index in [1.165, 1.54) is 19.2 Å². The number of carbonyl (C=O) groups excluding carboxylic acids is 2. The van der Waals surface area contributed by atoms with Gasteiger partial charge in [0, 0.05) is 16.6 Å². The Morgan fingerprint density at radius 2 is 1.88 bits per heavy atom. The Kier molecular flexibility index (Phi) is 6.52. The summed E-state index contributed by atoms with van der Waals surface area (Å²) >= 11 is 3.36. The maximum absolute atomic E-state index is 13.0. The van der Waals surface area contributed by atoms with Crippen LogP contribution >= 0.6 is 15.9 Å². The summed E-state index contributed by atoms with van der Waals surface area (Å²) in [5.74, 6) is -0.943. The molecule has 0 aromatic heterocycles. The number of ether oxygens (including phenoxy) is 1. The molecule has 1 atom stereocenters. The summed E-state index contributed by atoms with van der Waals surface area (Å²) in [6.45, 7) is 1.86. The number of esters is 1. The molecule has 5 nitrogen and oxygen atoms in total. The molecule has 0 aliphatic carbocycles. The monoisotopic (exact) mass is 408 g/mol. The number of amides is 2. The van der Waals surface area contributed by atoms with E-state index in [1.807, 2.05) is 13.0 Å². The highest BCUT2D eigenvalue weighted by Gasteiger charge is 2.22. The zero-order valence-corrected chi connectivity index (χ0v) is 15.4. The molecule has 0 aliphatic rings. The lowest BCUT2D eigenvalue weighted by atomic mass is 10.1. The number of carbonyl (C=O) groups is 2. The summed E-state index contributed by atoms with van der Waals surface area (Å²) in [4.78, 5) is 24.2. The fourth-order valence-corrected chi connectivity index (χ4v) is 2.75.